The molecule has 1 aromatic carbocycles. The highest BCUT2D eigenvalue weighted by molar-refractivity contribution is 7.11. The van der Waals surface area contributed by atoms with Crippen LogP contribution >= 0.6 is 22.7 Å². The Morgan fingerprint density at radius 1 is 0.815 bits per heavy atom. The molecule has 2 aromatic heterocycles. The van der Waals surface area contributed by atoms with Crippen molar-refractivity contribution in [3.05, 3.63) is 90.8 Å². The summed E-state index contributed by atoms with van der Waals surface area (Å²) in [6, 6.07) is 14.8. The number of ketones is 1. The van der Waals surface area contributed by atoms with Crippen LogP contribution in [0.15, 0.2) is 64.4 Å². The van der Waals surface area contributed by atoms with Crippen LogP contribution in [0, 0.1) is 13.8 Å². The summed E-state index contributed by atoms with van der Waals surface area (Å²) in [6.45, 7) is 4.22. The molecule has 0 N–H and O–H groups in total. The molecule has 1 nitrogen and oxygen atoms in total. The summed E-state index contributed by atoms with van der Waals surface area (Å²) in [5.41, 5.74) is 5.65. The molecule has 0 spiro atoms. The summed E-state index contributed by atoms with van der Waals surface area (Å²) in [7, 11) is 0. The Morgan fingerprint density at radius 3 is 1.78 bits per heavy atom. The van der Waals surface area contributed by atoms with E-state index in [-0.39, 0.29) is 5.78 Å². The van der Waals surface area contributed by atoms with Crippen molar-refractivity contribution in [1.82, 2.24) is 0 Å². The summed E-state index contributed by atoms with van der Waals surface area (Å²) in [5.74, 6) is 0.560. The Bertz CT molecular complexity index is 955. The average Bonchev–Trinajstić information content (AvgIpc) is 3.27. The number of carbonyl (C=O) groups is 1. The number of hydrogen-bond donors (Lipinski definition) is 0. The van der Waals surface area contributed by atoms with E-state index in [2.05, 4.69) is 79.2 Å². The van der Waals surface area contributed by atoms with Gasteiger partial charge in [0.25, 0.3) is 0 Å². The fraction of sp³-hybridized carbons (Fsp3) is 0.208. The van der Waals surface area contributed by atoms with Crippen LogP contribution in [0.1, 0.15) is 45.2 Å². The minimum absolute atomic E-state index is 0.211. The van der Waals surface area contributed by atoms with Crippen LogP contribution in [-0.2, 0) is 4.79 Å². The first-order chi connectivity index (χ1) is 13.1. The molecule has 1 aliphatic carbocycles. The number of carbonyl (C=O) groups excluding carboxylic acids is 1. The van der Waals surface area contributed by atoms with Crippen molar-refractivity contribution in [1.29, 1.82) is 0 Å². The van der Waals surface area contributed by atoms with E-state index in [9.17, 15) is 4.79 Å². The minimum Gasteiger partial charge on any atom is -0.289 e. The van der Waals surface area contributed by atoms with E-state index in [1.165, 1.54) is 26.4 Å². The number of Topliss-reactive ketones (excluding diaryl/α,β-unsaturated/α-hetero) is 1. The fourth-order valence-electron chi connectivity index (χ4n) is 3.59. The van der Waals surface area contributed by atoms with Crippen molar-refractivity contribution in [2.75, 3.05) is 0 Å². The van der Waals surface area contributed by atoms with E-state index in [0.29, 0.717) is 5.92 Å². The SMILES string of the molecule is Cc1ccsc1C=C1CC(c2ccccc2)CC(=Cc2sccc2C)C1=O. The fourth-order valence-corrected chi connectivity index (χ4v) is 5.35. The van der Waals surface area contributed by atoms with Crippen LogP contribution in [0.25, 0.3) is 12.2 Å². The van der Waals surface area contributed by atoms with Gasteiger partial charge in [-0.2, -0.15) is 0 Å². The monoisotopic (exact) mass is 390 g/mol. The molecule has 27 heavy (non-hydrogen) atoms. The number of aryl methyl sites for hydroxylation is 2. The summed E-state index contributed by atoms with van der Waals surface area (Å²) >= 11 is 3.41. The van der Waals surface area contributed by atoms with Gasteiger partial charge >= 0.3 is 0 Å². The zero-order valence-electron chi connectivity index (χ0n) is 15.6. The van der Waals surface area contributed by atoms with Crippen molar-refractivity contribution in [3.63, 3.8) is 0 Å². The van der Waals surface area contributed by atoms with Gasteiger partial charge in [-0.15, -0.1) is 22.7 Å². The lowest BCUT2D eigenvalue weighted by Crippen LogP contribution is -2.18. The number of benzene rings is 1. The summed E-state index contributed by atoms with van der Waals surface area (Å²) in [6.07, 6.45) is 5.85. The van der Waals surface area contributed by atoms with Crippen molar-refractivity contribution in [3.8, 4) is 0 Å². The lowest BCUT2D eigenvalue weighted by Gasteiger charge is -2.26. The Hall–Kier alpha value is -2.23. The highest BCUT2D eigenvalue weighted by atomic mass is 32.1. The number of rotatable bonds is 3. The van der Waals surface area contributed by atoms with Crippen molar-refractivity contribution in [2.24, 2.45) is 0 Å². The normalized spacial score (nSPS) is 20.5. The van der Waals surface area contributed by atoms with Gasteiger partial charge in [-0.1, -0.05) is 30.3 Å². The predicted octanol–water partition coefficient (Wildman–Crippen LogP) is 7.04. The van der Waals surface area contributed by atoms with Crippen molar-refractivity contribution < 1.29 is 4.79 Å². The van der Waals surface area contributed by atoms with Gasteiger partial charge in [-0.3, -0.25) is 4.79 Å². The van der Waals surface area contributed by atoms with Crippen LogP contribution < -0.4 is 0 Å². The summed E-state index contributed by atoms with van der Waals surface area (Å²) in [4.78, 5) is 15.6. The van der Waals surface area contributed by atoms with Gasteiger partial charge in [-0.25, -0.2) is 0 Å². The largest absolute Gasteiger partial charge is 0.289 e. The van der Waals surface area contributed by atoms with E-state index < -0.39 is 0 Å². The molecule has 0 atom stereocenters. The van der Waals surface area contributed by atoms with Gasteiger partial charge in [0.15, 0.2) is 5.78 Å². The molecular formula is C24H22OS2. The third kappa shape index (κ3) is 3.90. The Kier molecular flexibility index (Phi) is 5.24. The molecule has 1 saturated carbocycles. The minimum atomic E-state index is 0.211. The van der Waals surface area contributed by atoms with E-state index in [1.807, 2.05) is 0 Å². The van der Waals surface area contributed by atoms with Gasteiger partial charge in [0, 0.05) is 20.9 Å². The number of allylic oxidation sites excluding steroid dienone is 2. The molecule has 3 aromatic rings. The molecule has 1 fully saturated rings. The van der Waals surface area contributed by atoms with E-state index in [1.54, 1.807) is 22.7 Å². The first-order valence-corrected chi connectivity index (χ1v) is 11.0. The third-order valence-electron chi connectivity index (χ3n) is 5.20. The molecule has 0 radical (unpaired) electrons. The maximum atomic E-state index is 13.3. The van der Waals surface area contributed by atoms with E-state index >= 15 is 0 Å². The van der Waals surface area contributed by atoms with E-state index in [0.717, 1.165) is 24.0 Å². The number of thiophene rings is 2. The van der Waals surface area contributed by atoms with Crippen LogP contribution in [0.4, 0.5) is 0 Å². The van der Waals surface area contributed by atoms with Gasteiger partial charge in [0.1, 0.15) is 0 Å². The lowest BCUT2D eigenvalue weighted by atomic mass is 9.77. The smallest absolute Gasteiger partial charge is 0.185 e. The van der Waals surface area contributed by atoms with Gasteiger partial charge in [0.05, 0.1) is 0 Å². The topological polar surface area (TPSA) is 17.1 Å². The van der Waals surface area contributed by atoms with Crippen LogP contribution in [-0.4, -0.2) is 5.78 Å². The first kappa shape index (κ1) is 18.1. The van der Waals surface area contributed by atoms with Gasteiger partial charge in [0.2, 0.25) is 0 Å². The maximum Gasteiger partial charge on any atom is 0.185 e. The van der Waals surface area contributed by atoms with Gasteiger partial charge in [-0.05, 0) is 84.3 Å². The maximum absolute atomic E-state index is 13.3. The van der Waals surface area contributed by atoms with E-state index in [4.69, 9.17) is 0 Å². The summed E-state index contributed by atoms with van der Waals surface area (Å²) in [5, 5.41) is 4.19. The Balaban J connectivity index is 1.76. The molecule has 0 unspecified atom stereocenters. The summed E-state index contributed by atoms with van der Waals surface area (Å²) < 4.78 is 0. The zero-order chi connectivity index (χ0) is 18.8. The molecular weight excluding hydrogens is 368 g/mol. The molecule has 0 bridgehead atoms. The second-order valence-corrected chi connectivity index (χ2v) is 9.02. The molecule has 136 valence electrons. The molecule has 0 saturated heterocycles. The van der Waals surface area contributed by atoms with Crippen LogP contribution in [0.2, 0.25) is 0 Å². The first-order valence-electron chi connectivity index (χ1n) is 9.21. The lowest BCUT2D eigenvalue weighted by molar-refractivity contribution is -0.112. The highest BCUT2D eigenvalue weighted by Crippen LogP contribution is 2.39. The Morgan fingerprint density at radius 2 is 1.33 bits per heavy atom. The molecule has 0 aliphatic heterocycles. The van der Waals surface area contributed by atoms with Crippen molar-refractivity contribution >= 4 is 40.6 Å². The second-order valence-electron chi connectivity index (χ2n) is 7.12. The van der Waals surface area contributed by atoms with Crippen LogP contribution in [0.3, 0.4) is 0 Å². The molecule has 1 aliphatic rings. The Labute approximate surface area is 168 Å². The third-order valence-corrected chi connectivity index (χ3v) is 7.13. The van der Waals surface area contributed by atoms with Gasteiger partial charge < -0.3 is 0 Å². The molecule has 3 heteroatoms. The number of hydrogen-bond acceptors (Lipinski definition) is 3. The zero-order valence-corrected chi connectivity index (χ0v) is 17.2. The highest BCUT2D eigenvalue weighted by Gasteiger charge is 2.29. The average molecular weight is 391 g/mol. The molecule has 0 amide bonds. The van der Waals surface area contributed by atoms with Crippen LogP contribution in [0.5, 0.6) is 0 Å². The van der Waals surface area contributed by atoms with Crippen molar-refractivity contribution in [2.45, 2.75) is 32.6 Å². The molecule has 4 rings (SSSR count). The quantitative estimate of drug-likeness (QED) is 0.438. The standard InChI is InChI=1S/C24H22OS2/c1-16-8-10-26-22(16)14-20-12-19(18-6-4-3-5-7-18)13-21(24(20)25)15-23-17(2)9-11-27-23/h3-11,14-15,19H,12-13H2,1-2H3. The molecule has 2 heterocycles. The second kappa shape index (κ2) is 7.79. The predicted molar refractivity (Wildman–Crippen MR) is 117 cm³/mol.